The normalized spacial score (nSPS) is 17.3. The van der Waals surface area contributed by atoms with Crippen LogP contribution in [0.5, 0.6) is 5.19 Å². The Morgan fingerprint density at radius 1 is 1.70 bits per heavy atom. The first-order chi connectivity index (χ1) is 4.84. The lowest BCUT2D eigenvalue weighted by Gasteiger charge is -1.94. The molecule has 0 aliphatic heterocycles. The highest BCUT2D eigenvalue weighted by molar-refractivity contribution is 7.13. The first-order valence-corrected chi connectivity index (χ1v) is 4.25. The van der Waals surface area contributed by atoms with Crippen LogP contribution in [0.1, 0.15) is 17.7 Å². The van der Waals surface area contributed by atoms with Gasteiger partial charge >= 0.3 is 0 Å². The van der Waals surface area contributed by atoms with Gasteiger partial charge in [0, 0.05) is 11.1 Å². The van der Waals surface area contributed by atoms with Crippen molar-refractivity contribution < 1.29 is 4.74 Å². The van der Waals surface area contributed by atoms with Crippen molar-refractivity contribution >= 4 is 11.3 Å². The van der Waals surface area contributed by atoms with Crippen LogP contribution in [0.25, 0.3) is 0 Å². The summed E-state index contributed by atoms with van der Waals surface area (Å²) in [6, 6.07) is 0. The molecule has 0 unspecified atom stereocenters. The van der Waals surface area contributed by atoms with Gasteiger partial charge < -0.3 is 4.74 Å². The highest BCUT2D eigenvalue weighted by atomic mass is 32.1. The molecule has 1 aliphatic carbocycles. The molecule has 1 heterocycles. The van der Waals surface area contributed by atoms with Gasteiger partial charge in [-0.1, -0.05) is 11.3 Å². The van der Waals surface area contributed by atoms with Crippen LogP contribution >= 0.6 is 11.3 Å². The molecule has 0 atom stereocenters. The van der Waals surface area contributed by atoms with Gasteiger partial charge in [-0.05, 0) is 19.8 Å². The summed E-state index contributed by atoms with van der Waals surface area (Å²) in [6.07, 6.45) is 4.74. The summed E-state index contributed by atoms with van der Waals surface area (Å²) in [5.74, 6) is 0. The Balaban J connectivity index is 2.03. The van der Waals surface area contributed by atoms with Crippen LogP contribution in [0.15, 0.2) is 6.20 Å². The molecule has 1 aromatic heterocycles. The smallest absolute Gasteiger partial charge is 0.273 e. The van der Waals surface area contributed by atoms with Crippen LogP contribution in [-0.2, 0) is 0 Å². The molecule has 54 valence electrons. The molecule has 1 saturated carbocycles. The minimum atomic E-state index is 0.477. The molecule has 0 bridgehead atoms. The van der Waals surface area contributed by atoms with E-state index in [0.717, 1.165) is 5.19 Å². The second kappa shape index (κ2) is 2.23. The number of hydrogen-bond acceptors (Lipinski definition) is 3. The Morgan fingerprint density at radius 2 is 2.50 bits per heavy atom. The fourth-order valence-corrected chi connectivity index (χ4v) is 1.39. The van der Waals surface area contributed by atoms with Crippen molar-refractivity contribution in [1.82, 2.24) is 4.98 Å². The zero-order valence-electron chi connectivity index (χ0n) is 5.83. The molecule has 0 amide bonds. The maximum atomic E-state index is 5.45. The average Bonchev–Trinajstić information content (AvgIpc) is 2.59. The van der Waals surface area contributed by atoms with Gasteiger partial charge in [-0.15, -0.1) is 0 Å². The fraction of sp³-hybridized carbons (Fsp3) is 0.571. The number of aromatic nitrogens is 1. The average molecular weight is 155 g/mol. The van der Waals surface area contributed by atoms with Crippen LogP contribution in [-0.4, -0.2) is 11.1 Å². The quantitative estimate of drug-likeness (QED) is 0.651. The Bertz CT molecular complexity index is 229. The van der Waals surface area contributed by atoms with E-state index in [4.69, 9.17) is 4.74 Å². The first kappa shape index (κ1) is 6.16. The largest absolute Gasteiger partial charge is 0.467 e. The third-order valence-electron chi connectivity index (χ3n) is 1.39. The van der Waals surface area contributed by atoms with E-state index in [9.17, 15) is 0 Å². The van der Waals surface area contributed by atoms with Crippen molar-refractivity contribution in [2.24, 2.45) is 0 Å². The van der Waals surface area contributed by atoms with Crippen LogP contribution < -0.4 is 4.74 Å². The van der Waals surface area contributed by atoms with Crippen molar-refractivity contribution in [2.75, 3.05) is 0 Å². The highest BCUT2D eigenvalue weighted by Gasteiger charge is 2.24. The summed E-state index contributed by atoms with van der Waals surface area (Å²) in [5, 5.41) is 0.833. The van der Waals surface area contributed by atoms with Gasteiger partial charge in [-0.2, -0.15) is 0 Å². The summed E-state index contributed by atoms with van der Waals surface area (Å²) < 4.78 is 5.45. The maximum absolute atomic E-state index is 5.45. The molecule has 2 rings (SSSR count). The third kappa shape index (κ3) is 1.29. The lowest BCUT2D eigenvalue weighted by molar-refractivity contribution is 0.301. The minimum Gasteiger partial charge on any atom is -0.467 e. The summed E-state index contributed by atoms with van der Waals surface area (Å²) in [5.41, 5.74) is 0. The highest BCUT2D eigenvalue weighted by Crippen LogP contribution is 2.29. The van der Waals surface area contributed by atoms with Gasteiger partial charge in [0.05, 0.1) is 0 Å². The van der Waals surface area contributed by atoms with Gasteiger partial charge in [0.15, 0.2) is 0 Å². The van der Waals surface area contributed by atoms with E-state index < -0.39 is 0 Å². The van der Waals surface area contributed by atoms with Crippen LogP contribution in [0.3, 0.4) is 0 Å². The first-order valence-electron chi connectivity index (χ1n) is 3.44. The van der Waals surface area contributed by atoms with Gasteiger partial charge in [0.2, 0.25) is 0 Å². The van der Waals surface area contributed by atoms with Crippen molar-refractivity contribution in [3.63, 3.8) is 0 Å². The van der Waals surface area contributed by atoms with E-state index in [2.05, 4.69) is 4.98 Å². The summed E-state index contributed by atoms with van der Waals surface area (Å²) in [4.78, 5) is 5.31. The molecule has 0 aromatic carbocycles. The number of hydrogen-bond donors (Lipinski definition) is 0. The van der Waals surface area contributed by atoms with Gasteiger partial charge in [-0.25, -0.2) is 4.98 Å². The monoisotopic (exact) mass is 155 g/mol. The van der Waals surface area contributed by atoms with E-state index in [1.54, 1.807) is 11.3 Å². The second-order valence-corrected chi connectivity index (χ2v) is 3.75. The third-order valence-corrected chi connectivity index (χ3v) is 2.20. The fourth-order valence-electron chi connectivity index (χ4n) is 0.717. The molecule has 0 radical (unpaired) electrons. The molecule has 2 nitrogen and oxygen atoms in total. The SMILES string of the molecule is Cc1cnc(OC2CC2)s1. The number of thiazole rings is 1. The Morgan fingerprint density at radius 3 is 3.00 bits per heavy atom. The number of nitrogens with zero attached hydrogens (tertiary/aromatic N) is 1. The van der Waals surface area contributed by atoms with Gasteiger partial charge in [0.1, 0.15) is 6.10 Å². The van der Waals surface area contributed by atoms with Crippen molar-refractivity contribution in [2.45, 2.75) is 25.9 Å². The van der Waals surface area contributed by atoms with Crippen molar-refractivity contribution in [3.05, 3.63) is 11.1 Å². The molecule has 1 aromatic rings. The summed E-state index contributed by atoms with van der Waals surface area (Å²) in [7, 11) is 0. The standard InChI is InChI=1S/C7H9NOS/c1-5-4-8-7(10-5)9-6-2-3-6/h4,6H,2-3H2,1H3. The predicted octanol–water partition coefficient (Wildman–Crippen LogP) is 1.99. The molecular weight excluding hydrogens is 146 g/mol. The molecular formula is C7H9NOS. The minimum absolute atomic E-state index is 0.477. The second-order valence-electron chi connectivity index (χ2n) is 2.55. The zero-order valence-corrected chi connectivity index (χ0v) is 6.65. The molecule has 0 N–H and O–H groups in total. The van der Waals surface area contributed by atoms with Crippen molar-refractivity contribution in [3.8, 4) is 5.19 Å². The van der Waals surface area contributed by atoms with Gasteiger partial charge in [-0.3, -0.25) is 0 Å². The zero-order chi connectivity index (χ0) is 6.97. The van der Waals surface area contributed by atoms with Crippen LogP contribution in [0.4, 0.5) is 0 Å². The lowest BCUT2D eigenvalue weighted by Crippen LogP contribution is -1.93. The molecule has 0 saturated heterocycles. The predicted molar refractivity (Wildman–Crippen MR) is 40.5 cm³/mol. The Kier molecular flexibility index (Phi) is 1.38. The van der Waals surface area contributed by atoms with E-state index in [1.807, 2.05) is 13.1 Å². The summed E-state index contributed by atoms with van der Waals surface area (Å²) in [6.45, 7) is 2.04. The molecule has 0 spiro atoms. The molecule has 1 aliphatic rings. The number of rotatable bonds is 2. The van der Waals surface area contributed by atoms with Crippen LogP contribution in [0.2, 0.25) is 0 Å². The number of aryl methyl sites for hydroxylation is 1. The van der Waals surface area contributed by atoms with E-state index in [-0.39, 0.29) is 0 Å². The van der Waals surface area contributed by atoms with E-state index in [0.29, 0.717) is 6.10 Å². The van der Waals surface area contributed by atoms with Gasteiger partial charge in [0.25, 0.3) is 5.19 Å². The maximum Gasteiger partial charge on any atom is 0.273 e. The molecule has 10 heavy (non-hydrogen) atoms. The Labute approximate surface area is 63.9 Å². The van der Waals surface area contributed by atoms with Crippen molar-refractivity contribution in [1.29, 1.82) is 0 Å². The summed E-state index contributed by atoms with van der Waals surface area (Å²) >= 11 is 1.62. The number of ether oxygens (including phenoxy) is 1. The van der Waals surface area contributed by atoms with E-state index >= 15 is 0 Å². The lowest BCUT2D eigenvalue weighted by atomic mass is 10.7. The van der Waals surface area contributed by atoms with E-state index in [1.165, 1.54) is 17.7 Å². The Hall–Kier alpha value is -0.570. The topological polar surface area (TPSA) is 22.1 Å². The molecule has 3 heteroatoms. The molecule has 1 fully saturated rings. The van der Waals surface area contributed by atoms with Crippen LogP contribution in [0, 0.1) is 6.92 Å².